The lowest BCUT2D eigenvalue weighted by molar-refractivity contribution is -0.347. The average Bonchev–Trinajstić information content (AvgIpc) is 3.06. The molecule has 11 atom stereocenters. The Labute approximate surface area is 325 Å². The van der Waals surface area contributed by atoms with Crippen molar-refractivity contribution in [3.63, 3.8) is 0 Å². The SMILES string of the molecule is CC(=O)O[C@H]1C(=O)[C@@]2(C)[C@H]([C@@H]3OC(=O)CC/C=C\C/C=C\[C@H](NC(=O)OC(C)(C)C)[C@@H](O)C(=O)O[C@H]4C[C@]3(O)C(C)(C)C1=C4C)[C@]1(OC(C)=O)CO[C@@H]1C[C@@H]2O. The van der Waals surface area contributed by atoms with Crippen LogP contribution < -0.4 is 5.32 Å². The maximum atomic E-state index is 15.3. The molecule has 56 heavy (non-hydrogen) atoms. The maximum Gasteiger partial charge on any atom is 0.408 e. The van der Waals surface area contributed by atoms with Crippen LogP contribution in [0.25, 0.3) is 0 Å². The van der Waals surface area contributed by atoms with Gasteiger partial charge in [0.25, 0.3) is 0 Å². The molecule has 0 aromatic heterocycles. The number of fused-ring (bicyclic) bond motifs is 6. The first kappa shape index (κ1) is 43.0. The van der Waals surface area contributed by atoms with Crippen molar-refractivity contribution < 1.29 is 72.5 Å². The van der Waals surface area contributed by atoms with Crippen molar-refractivity contribution in [2.24, 2.45) is 16.7 Å². The van der Waals surface area contributed by atoms with Crippen LogP contribution in [0.2, 0.25) is 0 Å². The number of ketones is 1. The average molecular weight is 790 g/mol. The number of hydrogen-bond acceptors (Lipinski definition) is 15. The molecule has 1 amide bonds. The first-order chi connectivity index (χ1) is 25.9. The summed E-state index contributed by atoms with van der Waals surface area (Å²) in [6, 6.07) is -1.35. The van der Waals surface area contributed by atoms with Gasteiger partial charge < -0.3 is 49.1 Å². The third kappa shape index (κ3) is 7.52. The van der Waals surface area contributed by atoms with Crippen molar-refractivity contribution in [2.45, 2.75) is 154 Å². The van der Waals surface area contributed by atoms with E-state index in [2.05, 4.69) is 5.32 Å². The minimum Gasteiger partial charge on any atom is -0.459 e. The standard InChI is InChI=1S/C40H55NO15/c1-20-24-18-40(50)33(54-27(45)16-14-12-10-11-13-15-23(29(46)34(48)53-24)41-35(49)56-36(4,5)6)31-38(9,25(44)17-26-39(31,19-51-26)55-22(3)43)32(47)30(52-21(2)42)28(20)37(40,7)8/h10,12-13,15,23-26,29-31,33,44,46,50H,11,14,16-19H2,1-9H3,(H,41,49)/b12-10-,15-13-/t23-,24-,25-,26+,29+,30+,31-,33-,38+,39-,40+/m0/s1. The van der Waals surface area contributed by atoms with E-state index in [1.165, 1.54) is 19.9 Å². The highest BCUT2D eigenvalue weighted by Crippen LogP contribution is 2.64. The van der Waals surface area contributed by atoms with Crippen LogP contribution in [0.3, 0.4) is 0 Å². The van der Waals surface area contributed by atoms with Gasteiger partial charge in [0.2, 0.25) is 0 Å². The fraction of sp³-hybridized carbons (Fsp3) is 0.700. The fourth-order valence-electron chi connectivity index (χ4n) is 9.21. The molecule has 0 radical (unpaired) electrons. The molecule has 0 aromatic rings. The highest BCUT2D eigenvalue weighted by atomic mass is 16.6. The minimum absolute atomic E-state index is 0.0179. The summed E-state index contributed by atoms with van der Waals surface area (Å²) in [5.41, 5.74) is -8.35. The summed E-state index contributed by atoms with van der Waals surface area (Å²) in [4.78, 5) is 81.5. The highest BCUT2D eigenvalue weighted by Gasteiger charge is 2.78. The number of hydrogen-bond donors (Lipinski definition) is 4. The van der Waals surface area contributed by atoms with E-state index in [-0.39, 0.29) is 43.4 Å². The summed E-state index contributed by atoms with van der Waals surface area (Å²) in [6.45, 7) is 12.9. The van der Waals surface area contributed by atoms with Crippen LogP contribution in [-0.4, -0.2) is 117 Å². The van der Waals surface area contributed by atoms with Crippen LogP contribution >= 0.6 is 0 Å². The van der Waals surface area contributed by atoms with Gasteiger partial charge >= 0.3 is 30.0 Å². The molecule has 1 saturated heterocycles. The lowest BCUT2D eigenvalue weighted by Gasteiger charge is -2.67. The molecule has 5 rings (SSSR count). The molecular weight excluding hydrogens is 734 g/mol. The van der Waals surface area contributed by atoms with Crippen molar-refractivity contribution in [1.82, 2.24) is 5.32 Å². The van der Waals surface area contributed by atoms with Gasteiger partial charge in [-0.3, -0.25) is 19.2 Å². The van der Waals surface area contributed by atoms with Gasteiger partial charge in [0.1, 0.15) is 29.5 Å². The predicted octanol–water partition coefficient (Wildman–Crippen LogP) is 2.44. The number of rotatable bonds is 3. The summed E-state index contributed by atoms with van der Waals surface area (Å²) in [5.74, 6) is -5.99. The number of Topliss-reactive ketones (excluding diaryl/α,β-unsaturated/α-hetero) is 1. The van der Waals surface area contributed by atoms with Gasteiger partial charge in [0.15, 0.2) is 23.6 Å². The molecule has 2 saturated carbocycles. The molecule has 5 aliphatic rings. The minimum atomic E-state index is -2.32. The van der Waals surface area contributed by atoms with Crippen LogP contribution in [0.4, 0.5) is 4.79 Å². The van der Waals surface area contributed by atoms with Crippen molar-refractivity contribution in [3.05, 3.63) is 35.5 Å². The molecule has 16 nitrogen and oxygen atoms in total. The fourth-order valence-corrected chi connectivity index (χ4v) is 9.21. The number of esters is 4. The number of carbonyl (C=O) groups is 6. The van der Waals surface area contributed by atoms with E-state index in [1.807, 2.05) is 0 Å². The van der Waals surface area contributed by atoms with Crippen LogP contribution in [0.1, 0.15) is 94.4 Å². The molecule has 2 heterocycles. The second-order valence-corrected chi connectivity index (χ2v) is 17.2. The summed E-state index contributed by atoms with van der Waals surface area (Å²) >= 11 is 0. The molecule has 16 heteroatoms. The van der Waals surface area contributed by atoms with Gasteiger partial charge in [-0.05, 0) is 58.6 Å². The molecule has 310 valence electrons. The van der Waals surface area contributed by atoms with E-state index in [4.69, 9.17) is 28.4 Å². The summed E-state index contributed by atoms with van der Waals surface area (Å²) < 4.78 is 35.2. The number of aliphatic hydroxyl groups excluding tert-OH is 2. The predicted molar refractivity (Wildman–Crippen MR) is 194 cm³/mol. The Kier molecular flexibility index (Phi) is 11.8. The van der Waals surface area contributed by atoms with Gasteiger partial charge in [-0.25, -0.2) is 9.59 Å². The third-order valence-electron chi connectivity index (χ3n) is 12.0. The van der Waals surface area contributed by atoms with Crippen LogP contribution in [0, 0.1) is 16.7 Å². The largest absolute Gasteiger partial charge is 0.459 e. The van der Waals surface area contributed by atoms with E-state index in [9.17, 15) is 39.3 Å². The van der Waals surface area contributed by atoms with E-state index in [0.29, 0.717) is 0 Å². The Balaban J connectivity index is 1.75. The number of nitrogens with one attached hydrogen (secondary N) is 1. The Morgan fingerprint density at radius 1 is 0.982 bits per heavy atom. The second kappa shape index (κ2) is 15.3. The molecule has 3 aliphatic carbocycles. The zero-order valence-corrected chi connectivity index (χ0v) is 33.4. The summed E-state index contributed by atoms with van der Waals surface area (Å²) in [6.07, 6.45) is -4.46. The zero-order valence-electron chi connectivity index (χ0n) is 33.4. The molecule has 2 aliphatic heterocycles. The van der Waals surface area contributed by atoms with Crippen molar-refractivity contribution in [2.75, 3.05) is 6.61 Å². The topological polar surface area (TPSA) is 231 Å². The number of amides is 1. The van der Waals surface area contributed by atoms with Gasteiger partial charge in [-0.1, -0.05) is 38.2 Å². The zero-order chi connectivity index (χ0) is 41.8. The molecule has 0 unspecified atom stereocenters. The van der Waals surface area contributed by atoms with Crippen LogP contribution in [-0.2, 0) is 52.4 Å². The molecule has 3 bridgehead atoms. The Hall–Kier alpha value is -4.12. The smallest absolute Gasteiger partial charge is 0.408 e. The number of aliphatic hydroxyl groups is 3. The molecule has 0 spiro atoms. The van der Waals surface area contributed by atoms with E-state index >= 15 is 4.79 Å². The second-order valence-electron chi connectivity index (χ2n) is 17.2. The van der Waals surface area contributed by atoms with Crippen molar-refractivity contribution in [1.29, 1.82) is 0 Å². The third-order valence-corrected chi connectivity index (χ3v) is 12.0. The normalized spacial score (nSPS) is 39.8. The first-order valence-corrected chi connectivity index (χ1v) is 18.9. The number of carbonyl (C=O) groups excluding carboxylic acids is 6. The molecular formula is C40H55NO15. The van der Waals surface area contributed by atoms with Crippen molar-refractivity contribution >= 4 is 35.8 Å². The van der Waals surface area contributed by atoms with Gasteiger partial charge in [-0.2, -0.15) is 0 Å². The Morgan fingerprint density at radius 2 is 1.66 bits per heavy atom. The lowest BCUT2D eigenvalue weighted by atomic mass is 9.44. The van der Waals surface area contributed by atoms with Gasteiger partial charge in [0, 0.05) is 38.5 Å². The Bertz CT molecular complexity index is 1720. The first-order valence-electron chi connectivity index (χ1n) is 18.9. The van der Waals surface area contributed by atoms with Crippen molar-refractivity contribution in [3.8, 4) is 0 Å². The van der Waals surface area contributed by atoms with Crippen LogP contribution in [0.5, 0.6) is 0 Å². The lowest BCUT2D eigenvalue weighted by Crippen LogP contribution is -2.82. The van der Waals surface area contributed by atoms with E-state index < -0.39 is 118 Å². The molecule has 4 N–H and O–H groups in total. The van der Waals surface area contributed by atoms with Crippen LogP contribution in [0.15, 0.2) is 35.5 Å². The summed E-state index contributed by atoms with van der Waals surface area (Å²) in [7, 11) is 0. The quantitative estimate of drug-likeness (QED) is 0.183. The number of alkyl carbamates (subject to hydrolysis) is 1. The highest BCUT2D eigenvalue weighted by molar-refractivity contribution is 5.95. The molecule has 0 aromatic carbocycles. The van der Waals surface area contributed by atoms with Gasteiger partial charge in [0.05, 0.1) is 30.1 Å². The number of allylic oxidation sites excluding steroid dienone is 3. The van der Waals surface area contributed by atoms with Gasteiger partial charge in [-0.15, -0.1) is 0 Å². The Morgan fingerprint density at radius 3 is 2.25 bits per heavy atom. The number of ether oxygens (including phenoxy) is 6. The summed E-state index contributed by atoms with van der Waals surface area (Å²) in [5, 5.41) is 39.2. The molecule has 3 fully saturated rings. The van der Waals surface area contributed by atoms with E-state index in [1.54, 1.807) is 52.8 Å². The maximum absolute atomic E-state index is 15.3. The van der Waals surface area contributed by atoms with E-state index in [0.717, 1.165) is 13.8 Å². The monoisotopic (exact) mass is 789 g/mol.